The largest absolute Gasteiger partial charge is 0.256 e. The molecule has 3 nitrogen and oxygen atoms in total. The highest BCUT2D eigenvalue weighted by molar-refractivity contribution is 6.11. The fourth-order valence-electron chi connectivity index (χ4n) is 8.29. The van der Waals surface area contributed by atoms with E-state index in [0.717, 1.165) is 44.4 Å². The first-order chi connectivity index (χ1) is 25.1. The molecule has 0 N–H and O–H groups in total. The predicted octanol–water partition coefficient (Wildman–Crippen LogP) is 12.3. The molecule has 1 aliphatic rings. The normalized spacial score (nSPS) is 13.1. The van der Waals surface area contributed by atoms with Gasteiger partial charge in [-0.05, 0) is 79.2 Å². The van der Waals surface area contributed by atoms with Crippen molar-refractivity contribution in [1.29, 1.82) is 0 Å². The summed E-state index contributed by atoms with van der Waals surface area (Å²) in [6.45, 7) is 4.72. The molecule has 0 spiro atoms. The highest BCUT2D eigenvalue weighted by Crippen LogP contribution is 2.55. The molecule has 0 saturated carbocycles. The monoisotopic (exact) mass is 651 g/mol. The van der Waals surface area contributed by atoms with E-state index in [2.05, 4.69) is 158 Å². The maximum atomic E-state index is 5.30. The van der Waals surface area contributed by atoms with Crippen molar-refractivity contribution in [3.05, 3.63) is 175 Å². The number of pyridine rings is 1. The van der Waals surface area contributed by atoms with Crippen molar-refractivity contribution >= 4 is 32.4 Å². The Morgan fingerprint density at radius 1 is 0.431 bits per heavy atom. The summed E-state index contributed by atoms with van der Waals surface area (Å²) < 4.78 is 0. The number of fused-ring (bicyclic) bond motifs is 7. The predicted molar refractivity (Wildman–Crippen MR) is 212 cm³/mol. The van der Waals surface area contributed by atoms with Crippen LogP contribution >= 0.6 is 0 Å². The minimum atomic E-state index is -0.111. The van der Waals surface area contributed by atoms with Crippen molar-refractivity contribution in [2.24, 2.45) is 0 Å². The van der Waals surface area contributed by atoms with Crippen LogP contribution in [0, 0.1) is 0 Å². The zero-order valence-corrected chi connectivity index (χ0v) is 28.4. The molecule has 10 rings (SSSR count). The summed E-state index contributed by atoms with van der Waals surface area (Å²) in [6.07, 6.45) is 1.84. The van der Waals surface area contributed by atoms with Crippen LogP contribution in [0.3, 0.4) is 0 Å². The molecule has 51 heavy (non-hydrogen) atoms. The van der Waals surface area contributed by atoms with Crippen LogP contribution in [0.25, 0.3) is 88.6 Å². The van der Waals surface area contributed by atoms with Crippen molar-refractivity contribution in [2.75, 3.05) is 0 Å². The third kappa shape index (κ3) is 4.55. The van der Waals surface area contributed by atoms with Gasteiger partial charge in [0, 0.05) is 33.7 Å². The number of benzene rings is 7. The molecule has 0 saturated heterocycles. The quantitative estimate of drug-likeness (QED) is 0.190. The molecule has 1 aliphatic carbocycles. The molecule has 2 aromatic heterocycles. The van der Waals surface area contributed by atoms with E-state index >= 15 is 0 Å². The lowest BCUT2D eigenvalue weighted by atomic mass is 9.81. The van der Waals surface area contributed by atoms with Gasteiger partial charge in [-0.25, -0.2) is 9.97 Å². The van der Waals surface area contributed by atoms with Gasteiger partial charge < -0.3 is 0 Å². The lowest BCUT2D eigenvalue weighted by Crippen LogP contribution is -2.14. The van der Waals surface area contributed by atoms with Crippen molar-refractivity contribution in [1.82, 2.24) is 15.0 Å². The second-order valence-corrected chi connectivity index (χ2v) is 14.0. The van der Waals surface area contributed by atoms with E-state index < -0.39 is 0 Å². The number of rotatable bonds is 4. The van der Waals surface area contributed by atoms with Crippen LogP contribution in [0.2, 0.25) is 0 Å². The van der Waals surface area contributed by atoms with E-state index in [9.17, 15) is 0 Å². The highest BCUT2D eigenvalue weighted by Gasteiger charge is 2.38. The Kier molecular flexibility index (Phi) is 6.53. The molecule has 2 heterocycles. The summed E-state index contributed by atoms with van der Waals surface area (Å²) in [6, 6.07) is 56.3. The maximum Gasteiger partial charge on any atom is 0.161 e. The first kappa shape index (κ1) is 29.5. The van der Waals surface area contributed by atoms with Gasteiger partial charge in [-0.2, -0.15) is 0 Å². The summed E-state index contributed by atoms with van der Waals surface area (Å²) >= 11 is 0. The van der Waals surface area contributed by atoms with Crippen LogP contribution in [0.15, 0.2) is 164 Å². The minimum absolute atomic E-state index is 0.111. The Morgan fingerprint density at radius 3 is 1.96 bits per heavy atom. The van der Waals surface area contributed by atoms with Gasteiger partial charge in [0.05, 0.1) is 16.9 Å². The molecule has 0 fully saturated rings. The third-order valence-corrected chi connectivity index (χ3v) is 10.8. The molecular formula is C48H33N3. The molecule has 3 heteroatoms. The zero-order chi connectivity index (χ0) is 34.1. The van der Waals surface area contributed by atoms with Crippen LogP contribution in [0.1, 0.15) is 25.0 Å². The van der Waals surface area contributed by atoms with Gasteiger partial charge in [0.25, 0.3) is 0 Å². The average Bonchev–Trinajstić information content (AvgIpc) is 3.43. The van der Waals surface area contributed by atoms with Gasteiger partial charge in [0.2, 0.25) is 0 Å². The first-order valence-electron chi connectivity index (χ1n) is 17.5. The Morgan fingerprint density at radius 2 is 1.10 bits per heavy atom. The molecule has 0 unspecified atom stereocenters. The Hall–Kier alpha value is -6.45. The maximum absolute atomic E-state index is 5.30. The number of hydrogen-bond acceptors (Lipinski definition) is 3. The number of nitrogens with zero attached hydrogens (tertiary/aromatic N) is 3. The molecule has 0 aliphatic heterocycles. The van der Waals surface area contributed by atoms with Crippen LogP contribution in [0.4, 0.5) is 0 Å². The number of hydrogen-bond donors (Lipinski definition) is 0. The Labute approximate surface area is 297 Å². The fourth-order valence-corrected chi connectivity index (χ4v) is 8.29. The molecule has 9 aromatic rings. The van der Waals surface area contributed by atoms with E-state index in [1.54, 1.807) is 0 Å². The van der Waals surface area contributed by atoms with Crippen LogP contribution < -0.4 is 0 Å². The summed E-state index contributed by atoms with van der Waals surface area (Å²) in [7, 11) is 0. The van der Waals surface area contributed by atoms with Crippen molar-refractivity contribution in [3.8, 4) is 56.2 Å². The van der Waals surface area contributed by atoms with E-state index in [1.165, 1.54) is 49.5 Å². The standard InChI is InChI=1S/C48H33N3/c1-48(2)40-22-10-20-38(46(40)45-32-16-7-6-13-30(32)24-27-41(45)48)35-25-26-39(34-18-9-8-17-33(34)35)47-50-43(31-14-4-3-5-15-31)29-44(51-47)37-19-11-23-42-36(37)21-12-28-49-42/h3-29H,1-2H3. The topological polar surface area (TPSA) is 38.7 Å². The van der Waals surface area contributed by atoms with Crippen LogP contribution in [-0.2, 0) is 5.41 Å². The molecule has 0 radical (unpaired) electrons. The molecular weight excluding hydrogens is 619 g/mol. The highest BCUT2D eigenvalue weighted by atomic mass is 14.9. The average molecular weight is 652 g/mol. The third-order valence-electron chi connectivity index (χ3n) is 10.8. The zero-order valence-electron chi connectivity index (χ0n) is 28.4. The van der Waals surface area contributed by atoms with Gasteiger partial charge >= 0.3 is 0 Å². The summed E-state index contributed by atoms with van der Waals surface area (Å²) in [5.74, 6) is 0.700. The van der Waals surface area contributed by atoms with Crippen molar-refractivity contribution < 1.29 is 0 Å². The molecule has 0 bridgehead atoms. The fraction of sp³-hybridized carbons (Fsp3) is 0.0625. The van der Waals surface area contributed by atoms with Gasteiger partial charge in [0.1, 0.15) is 0 Å². The van der Waals surface area contributed by atoms with Crippen LogP contribution in [-0.4, -0.2) is 15.0 Å². The molecule has 240 valence electrons. The van der Waals surface area contributed by atoms with Gasteiger partial charge in [-0.3, -0.25) is 4.98 Å². The summed E-state index contributed by atoms with van der Waals surface area (Å²) in [5, 5.41) is 5.94. The Bertz CT molecular complexity index is 2830. The van der Waals surface area contributed by atoms with E-state index in [4.69, 9.17) is 9.97 Å². The first-order valence-corrected chi connectivity index (χ1v) is 17.5. The second kappa shape index (κ2) is 11.3. The summed E-state index contributed by atoms with van der Waals surface area (Å²) in [5.41, 5.74) is 13.6. The van der Waals surface area contributed by atoms with Gasteiger partial charge in [-0.15, -0.1) is 0 Å². The van der Waals surface area contributed by atoms with Crippen molar-refractivity contribution in [3.63, 3.8) is 0 Å². The van der Waals surface area contributed by atoms with Crippen LogP contribution in [0.5, 0.6) is 0 Å². The molecule has 0 atom stereocenters. The molecule has 0 amide bonds. The lowest BCUT2D eigenvalue weighted by molar-refractivity contribution is 0.661. The van der Waals surface area contributed by atoms with Gasteiger partial charge in [-0.1, -0.05) is 147 Å². The van der Waals surface area contributed by atoms with Gasteiger partial charge in [0.15, 0.2) is 5.82 Å². The SMILES string of the molecule is CC1(C)c2cccc(-c3ccc(-c4nc(-c5ccccc5)cc(-c5cccc6ncccc56)n4)c4ccccc34)c2-c2c1ccc1ccccc21. The van der Waals surface area contributed by atoms with Crippen molar-refractivity contribution in [2.45, 2.75) is 19.3 Å². The molecule has 7 aromatic carbocycles. The Balaban J connectivity index is 1.22. The smallest absolute Gasteiger partial charge is 0.161 e. The second-order valence-electron chi connectivity index (χ2n) is 14.0. The van der Waals surface area contributed by atoms with E-state index in [1.807, 2.05) is 24.4 Å². The number of aromatic nitrogens is 3. The lowest BCUT2D eigenvalue weighted by Gasteiger charge is -2.22. The minimum Gasteiger partial charge on any atom is -0.256 e. The van der Waals surface area contributed by atoms with E-state index in [-0.39, 0.29) is 5.41 Å². The summed E-state index contributed by atoms with van der Waals surface area (Å²) in [4.78, 5) is 15.2. The van der Waals surface area contributed by atoms with E-state index in [0.29, 0.717) is 5.82 Å².